The average Bonchev–Trinajstić information content (AvgIpc) is 3.23. The highest BCUT2D eigenvalue weighted by Crippen LogP contribution is 2.40. The molecule has 0 amide bonds. The van der Waals surface area contributed by atoms with Crippen molar-refractivity contribution in [1.82, 2.24) is 4.98 Å². The summed E-state index contributed by atoms with van der Waals surface area (Å²) in [6, 6.07) is 12.5. The molecule has 23 heavy (non-hydrogen) atoms. The van der Waals surface area contributed by atoms with Crippen LogP contribution in [0.15, 0.2) is 30.3 Å². The van der Waals surface area contributed by atoms with Crippen molar-refractivity contribution >= 4 is 5.82 Å². The normalized spacial score (nSPS) is 19.0. The van der Waals surface area contributed by atoms with Crippen LogP contribution in [0.1, 0.15) is 35.7 Å². The van der Waals surface area contributed by atoms with E-state index in [9.17, 15) is 5.26 Å². The maximum Gasteiger partial charge on any atom is 0.231 e. The summed E-state index contributed by atoms with van der Waals surface area (Å²) in [6.07, 6.45) is 2.17. The van der Waals surface area contributed by atoms with Crippen LogP contribution < -0.4 is 14.4 Å². The molecular formula is C18H17N3O2. The average molecular weight is 307 g/mol. The molecule has 0 spiro atoms. The molecule has 5 nitrogen and oxygen atoms in total. The highest BCUT2D eigenvalue weighted by atomic mass is 16.7. The summed E-state index contributed by atoms with van der Waals surface area (Å²) in [5.41, 5.74) is 2.61. The summed E-state index contributed by atoms with van der Waals surface area (Å²) in [5.74, 6) is 2.48. The number of nitriles is 1. The Balaban J connectivity index is 1.68. The molecule has 116 valence electrons. The van der Waals surface area contributed by atoms with Gasteiger partial charge in [0.1, 0.15) is 17.6 Å². The lowest BCUT2D eigenvalue weighted by molar-refractivity contribution is 0.174. The number of pyridine rings is 1. The first-order valence-corrected chi connectivity index (χ1v) is 7.80. The largest absolute Gasteiger partial charge is 0.454 e. The Morgan fingerprint density at radius 3 is 2.96 bits per heavy atom. The van der Waals surface area contributed by atoms with Crippen LogP contribution in [0, 0.1) is 18.3 Å². The second-order valence-electron chi connectivity index (χ2n) is 5.91. The van der Waals surface area contributed by atoms with E-state index in [0.717, 1.165) is 42.3 Å². The van der Waals surface area contributed by atoms with E-state index in [-0.39, 0.29) is 12.8 Å². The molecule has 1 saturated heterocycles. The van der Waals surface area contributed by atoms with E-state index in [1.54, 1.807) is 0 Å². The molecule has 5 heteroatoms. The first-order valence-electron chi connectivity index (χ1n) is 7.80. The Kier molecular flexibility index (Phi) is 3.30. The Hall–Kier alpha value is -2.74. The molecule has 0 radical (unpaired) electrons. The van der Waals surface area contributed by atoms with Gasteiger partial charge in [-0.25, -0.2) is 4.98 Å². The van der Waals surface area contributed by atoms with Gasteiger partial charge in [0, 0.05) is 6.54 Å². The number of aryl methyl sites for hydroxylation is 1. The number of hydrogen-bond acceptors (Lipinski definition) is 5. The number of benzene rings is 1. The van der Waals surface area contributed by atoms with Crippen LogP contribution >= 0.6 is 0 Å². The molecule has 0 aliphatic carbocycles. The van der Waals surface area contributed by atoms with Gasteiger partial charge in [-0.05, 0) is 49.1 Å². The predicted molar refractivity (Wildman–Crippen MR) is 85.6 cm³/mol. The van der Waals surface area contributed by atoms with Crippen molar-refractivity contribution in [2.75, 3.05) is 18.2 Å². The van der Waals surface area contributed by atoms with Crippen molar-refractivity contribution in [2.24, 2.45) is 0 Å². The summed E-state index contributed by atoms with van der Waals surface area (Å²) < 4.78 is 10.9. The summed E-state index contributed by atoms with van der Waals surface area (Å²) in [7, 11) is 0. The zero-order chi connectivity index (χ0) is 15.8. The van der Waals surface area contributed by atoms with Gasteiger partial charge in [0.25, 0.3) is 0 Å². The summed E-state index contributed by atoms with van der Waals surface area (Å²) in [5, 5.41) is 9.21. The van der Waals surface area contributed by atoms with E-state index < -0.39 is 0 Å². The lowest BCUT2D eigenvalue weighted by atomic mass is 10.0. The number of rotatable bonds is 2. The fourth-order valence-electron chi connectivity index (χ4n) is 3.30. The van der Waals surface area contributed by atoms with Crippen molar-refractivity contribution in [3.05, 3.63) is 47.2 Å². The van der Waals surface area contributed by atoms with E-state index in [0.29, 0.717) is 5.69 Å². The van der Waals surface area contributed by atoms with Crippen molar-refractivity contribution in [3.63, 3.8) is 0 Å². The van der Waals surface area contributed by atoms with Gasteiger partial charge in [-0.15, -0.1) is 0 Å². The molecular weight excluding hydrogens is 290 g/mol. The standard InChI is InChI=1S/C18H17N3O2/c1-12-4-7-18(20-14(12)10-19)21-8-2-3-15(21)13-5-6-16-17(9-13)23-11-22-16/h4-7,9,15H,2-3,8,11H2,1H3. The highest BCUT2D eigenvalue weighted by Gasteiger charge is 2.29. The van der Waals surface area contributed by atoms with Gasteiger partial charge >= 0.3 is 0 Å². The summed E-state index contributed by atoms with van der Waals surface area (Å²) in [4.78, 5) is 6.81. The van der Waals surface area contributed by atoms with Crippen LogP contribution in [-0.4, -0.2) is 18.3 Å². The third-order valence-electron chi connectivity index (χ3n) is 4.52. The van der Waals surface area contributed by atoms with Crippen LogP contribution in [-0.2, 0) is 0 Å². The molecule has 1 aromatic heterocycles. The van der Waals surface area contributed by atoms with Crippen molar-refractivity contribution in [2.45, 2.75) is 25.8 Å². The molecule has 1 aromatic carbocycles. The van der Waals surface area contributed by atoms with Gasteiger partial charge in [0.15, 0.2) is 11.5 Å². The van der Waals surface area contributed by atoms with Crippen LogP contribution in [0.5, 0.6) is 11.5 Å². The molecule has 2 aliphatic heterocycles. The summed E-state index contributed by atoms with van der Waals surface area (Å²) >= 11 is 0. The number of nitrogens with zero attached hydrogens (tertiary/aromatic N) is 3. The second-order valence-corrected chi connectivity index (χ2v) is 5.91. The molecule has 2 aromatic rings. The zero-order valence-corrected chi connectivity index (χ0v) is 13.0. The second kappa shape index (κ2) is 5.47. The number of ether oxygens (including phenoxy) is 2. The molecule has 1 unspecified atom stereocenters. The molecule has 1 atom stereocenters. The Morgan fingerprint density at radius 1 is 1.22 bits per heavy atom. The fourth-order valence-corrected chi connectivity index (χ4v) is 3.30. The van der Waals surface area contributed by atoms with Crippen LogP contribution in [0.3, 0.4) is 0 Å². The van der Waals surface area contributed by atoms with Crippen molar-refractivity contribution in [1.29, 1.82) is 5.26 Å². The molecule has 2 aliphatic rings. The van der Waals surface area contributed by atoms with E-state index in [1.807, 2.05) is 25.1 Å². The fraction of sp³-hybridized carbons (Fsp3) is 0.333. The zero-order valence-electron chi connectivity index (χ0n) is 13.0. The topological polar surface area (TPSA) is 58.4 Å². The monoisotopic (exact) mass is 307 g/mol. The molecule has 4 rings (SSSR count). The number of aromatic nitrogens is 1. The lowest BCUT2D eigenvalue weighted by Gasteiger charge is -2.26. The molecule has 0 saturated carbocycles. The van der Waals surface area contributed by atoms with E-state index >= 15 is 0 Å². The van der Waals surface area contributed by atoms with Gasteiger partial charge in [0.2, 0.25) is 6.79 Å². The molecule has 0 bridgehead atoms. The highest BCUT2D eigenvalue weighted by molar-refractivity contribution is 5.51. The third-order valence-corrected chi connectivity index (χ3v) is 4.52. The van der Waals surface area contributed by atoms with E-state index in [1.165, 1.54) is 5.56 Å². The van der Waals surface area contributed by atoms with Gasteiger partial charge in [-0.1, -0.05) is 12.1 Å². The van der Waals surface area contributed by atoms with Gasteiger partial charge < -0.3 is 14.4 Å². The maximum absolute atomic E-state index is 9.21. The Labute approximate surface area is 135 Å². The molecule has 3 heterocycles. The SMILES string of the molecule is Cc1ccc(N2CCCC2c2ccc3c(c2)OCO3)nc1C#N. The Morgan fingerprint density at radius 2 is 2.09 bits per heavy atom. The van der Waals surface area contributed by atoms with Crippen molar-refractivity contribution < 1.29 is 9.47 Å². The minimum atomic E-state index is 0.256. The van der Waals surface area contributed by atoms with Gasteiger partial charge in [-0.3, -0.25) is 0 Å². The molecule has 1 fully saturated rings. The first-order chi connectivity index (χ1) is 11.3. The van der Waals surface area contributed by atoms with E-state index in [2.05, 4.69) is 28.1 Å². The summed E-state index contributed by atoms with van der Waals surface area (Å²) in [6.45, 7) is 3.15. The lowest BCUT2D eigenvalue weighted by Crippen LogP contribution is -2.23. The van der Waals surface area contributed by atoms with E-state index in [4.69, 9.17) is 9.47 Å². The minimum absolute atomic E-state index is 0.256. The van der Waals surface area contributed by atoms with Crippen LogP contribution in [0.4, 0.5) is 5.82 Å². The first kappa shape index (κ1) is 13.9. The minimum Gasteiger partial charge on any atom is -0.454 e. The van der Waals surface area contributed by atoms with Gasteiger partial charge in [-0.2, -0.15) is 5.26 Å². The molecule has 0 N–H and O–H groups in total. The van der Waals surface area contributed by atoms with Crippen molar-refractivity contribution in [3.8, 4) is 17.6 Å². The van der Waals surface area contributed by atoms with Crippen LogP contribution in [0.2, 0.25) is 0 Å². The van der Waals surface area contributed by atoms with Crippen LogP contribution in [0.25, 0.3) is 0 Å². The Bertz CT molecular complexity index is 797. The quantitative estimate of drug-likeness (QED) is 0.851. The maximum atomic E-state index is 9.21. The smallest absolute Gasteiger partial charge is 0.231 e. The number of anilines is 1. The number of hydrogen-bond donors (Lipinski definition) is 0. The predicted octanol–water partition coefficient (Wildman–Crippen LogP) is 3.33. The third kappa shape index (κ3) is 2.36. The van der Waals surface area contributed by atoms with Gasteiger partial charge in [0.05, 0.1) is 6.04 Å². The number of fused-ring (bicyclic) bond motifs is 1.